The van der Waals surface area contributed by atoms with E-state index in [-0.39, 0.29) is 11.4 Å². The summed E-state index contributed by atoms with van der Waals surface area (Å²) in [5.41, 5.74) is -0.198. The van der Waals surface area contributed by atoms with Crippen molar-refractivity contribution in [1.29, 1.82) is 0 Å². The zero-order chi connectivity index (χ0) is 19.4. The van der Waals surface area contributed by atoms with Crippen molar-refractivity contribution in [2.45, 2.75) is 50.3 Å². The van der Waals surface area contributed by atoms with Gasteiger partial charge in [-0.1, -0.05) is 47.9 Å². The van der Waals surface area contributed by atoms with E-state index in [1.54, 1.807) is 39.8 Å². The largest absolute Gasteiger partial charge is 0.427 e. The number of rotatable bonds is 8. The molecule has 2 aromatic carbocycles. The average Bonchev–Trinajstić information content (AvgIpc) is 2.59. The molecular formula is C19H25BNO4S. The molecule has 0 aliphatic heterocycles. The number of nitrogens with one attached hydrogen (secondary N) is 1. The van der Waals surface area contributed by atoms with Crippen LogP contribution in [0.2, 0.25) is 0 Å². The summed E-state index contributed by atoms with van der Waals surface area (Å²) in [4.78, 5) is 0.187. The molecule has 139 valence electrons. The van der Waals surface area contributed by atoms with Gasteiger partial charge in [0.25, 0.3) is 0 Å². The fraction of sp³-hybridized carbons (Fsp3) is 0.368. The Labute approximate surface area is 156 Å². The van der Waals surface area contributed by atoms with Gasteiger partial charge in [-0.2, -0.15) is 0 Å². The van der Waals surface area contributed by atoms with Gasteiger partial charge in [0, 0.05) is 6.54 Å². The predicted molar refractivity (Wildman–Crippen MR) is 104 cm³/mol. The summed E-state index contributed by atoms with van der Waals surface area (Å²) in [6.07, 6.45) is 0. The third-order valence-corrected chi connectivity index (χ3v) is 5.88. The second kappa shape index (κ2) is 7.92. The van der Waals surface area contributed by atoms with Crippen LogP contribution in [0.4, 0.5) is 0 Å². The highest BCUT2D eigenvalue weighted by Gasteiger charge is 2.35. The third-order valence-electron chi connectivity index (χ3n) is 4.46. The highest BCUT2D eigenvalue weighted by atomic mass is 32.2. The molecule has 2 rings (SSSR count). The first kappa shape index (κ1) is 20.6. The van der Waals surface area contributed by atoms with Gasteiger partial charge in [0.2, 0.25) is 10.0 Å². The van der Waals surface area contributed by atoms with Crippen LogP contribution in [-0.4, -0.2) is 32.2 Å². The molecule has 2 aromatic rings. The first-order chi connectivity index (χ1) is 12.0. The Morgan fingerprint density at radius 1 is 1.00 bits per heavy atom. The van der Waals surface area contributed by atoms with Crippen LogP contribution in [0.1, 0.15) is 33.3 Å². The maximum atomic E-state index is 12.4. The molecule has 0 aromatic heterocycles. The molecule has 0 amide bonds. The summed E-state index contributed by atoms with van der Waals surface area (Å²) in [6.45, 7) is 7.16. The smallest absolute Gasteiger partial charge is 0.330 e. The third kappa shape index (κ3) is 5.41. The maximum absolute atomic E-state index is 12.4. The molecule has 0 unspecified atom stereocenters. The molecule has 5 nitrogen and oxygen atoms in total. The quantitative estimate of drug-likeness (QED) is 0.693. The van der Waals surface area contributed by atoms with Crippen LogP contribution in [0.25, 0.3) is 0 Å². The molecule has 7 heteroatoms. The second-order valence-corrected chi connectivity index (χ2v) is 8.95. The molecular weight excluding hydrogens is 349 g/mol. The van der Waals surface area contributed by atoms with E-state index in [9.17, 15) is 13.5 Å². The van der Waals surface area contributed by atoms with Crippen molar-refractivity contribution < 1.29 is 18.2 Å². The average molecular weight is 374 g/mol. The summed E-state index contributed by atoms with van der Waals surface area (Å²) in [7, 11) is -2.07. The molecule has 0 saturated heterocycles. The lowest BCUT2D eigenvalue weighted by molar-refractivity contribution is -0.0893. The number of hydrogen-bond donors (Lipinski definition) is 2. The van der Waals surface area contributed by atoms with Gasteiger partial charge in [0.15, 0.2) is 0 Å². The zero-order valence-electron chi connectivity index (χ0n) is 15.6. The molecule has 0 spiro atoms. The normalized spacial score (nSPS) is 12.8. The molecule has 0 saturated carbocycles. The molecule has 0 atom stereocenters. The maximum Gasteiger partial charge on any atom is 0.330 e. The minimum absolute atomic E-state index is 0.187. The van der Waals surface area contributed by atoms with E-state index in [1.807, 2.05) is 30.3 Å². The minimum Gasteiger partial charge on any atom is -0.427 e. The van der Waals surface area contributed by atoms with E-state index in [2.05, 4.69) is 4.72 Å². The van der Waals surface area contributed by atoms with E-state index < -0.39 is 21.2 Å². The molecule has 26 heavy (non-hydrogen) atoms. The van der Waals surface area contributed by atoms with Gasteiger partial charge < -0.3 is 9.76 Å². The van der Waals surface area contributed by atoms with Crippen molar-refractivity contribution in [1.82, 2.24) is 4.72 Å². The standard InChI is InChI=1S/C19H25BNO4S/c1-18(2,22)19(3,4)25-20-16-10-12-17(13-11-16)26(23,24)21-14-15-8-6-5-7-9-15/h5-13,21-22H,14H2,1-4H3. The Morgan fingerprint density at radius 2 is 1.58 bits per heavy atom. The van der Waals surface area contributed by atoms with Crippen LogP contribution in [0.5, 0.6) is 0 Å². The van der Waals surface area contributed by atoms with Gasteiger partial charge in [-0.3, -0.25) is 0 Å². The van der Waals surface area contributed by atoms with Gasteiger partial charge in [0.05, 0.1) is 16.1 Å². The Kier molecular flexibility index (Phi) is 6.29. The fourth-order valence-corrected chi connectivity index (χ4v) is 2.96. The first-order valence-electron chi connectivity index (χ1n) is 8.38. The van der Waals surface area contributed by atoms with Crippen LogP contribution in [-0.2, 0) is 21.2 Å². The lowest BCUT2D eigenvalue weighted by Gasteiger charge is -2.37. The molecule has 0 aliphatic rings. The minimum atomic E-state index is -3.59. The highest BCUT2D eigenvalue weighted by molar-refractivity contribution is 7.89. The SMILES string of the molecule is CC(C)(O)C(C)(C)O[B]c1ccc(S(=O)(=O)NCc2ccccc2)cc1. The summed E-state index contributed by atoms with van der Waals surface area (Å²) in [5.74, 6) is 0. The van der Waals surface area contributed by atoms with Crippen molar-refractivity contribution in [3.63, 3.8) is 0 Å². The van der Waals surface area contributed by atoms with Crippen LogP contribution < -0.4 is 10.2 Å². The molecule has 2 N–H and O–H groups in total. The van der Waals surface area contributed by atoms with Crippen molar-refractivity contribution >= 4 is 23.0 Å². The number of hydrogen-bond acceptors (Lipinski definition) is 4. The second-order valence-electron chi connectivity index (χ2n) is 7.18. The number of aliphatic hydroxyl groups is 1. The van der Waals surface area contributed by atoms with Gasteiger partial charge in [0.1, 0.15) is 0 Å². The van der Waals surface area contributed by atoms with E-state index in [0.29, 0.717) is 5.46 Å². The Morgan fingerprint density at radius 3 is 2.12 bits per heavy atom. The molecule has 0 aliphatic carbocycles. The number of sulfonamides is 1. The van der Waals surface area contributed by atoms with Crippen molar-refractivity contribution in [2.24, 2.45) is 0 Å². The van der Waals surface area contributed by atoms with Crippen LogP contribution >= 0.6 is 0 Å². The van der Waals surface area contributed by atoms with Crippen LogP contribution in [0, 0.1) is 0 Å². The first-order valence-corrected chi connectivity index (χ1v) is 9.87. The molecule has 1 radical (unpaired) electrons. The van der Waals surface area contributed by atoms with E-state index >= 15 is 0 Å². The summed E-state index contributed by atoms with van der Waals surface area (Å²) in [6, 6.07) is 15.7. The van der Waals surface area contributed by atoms with Crippen LogP contribution in [0.15, 0.2) is 59.5 Å². The van der Waals surface area contributed by atoms with Crippen molar-refractivity contribution in [2.75, 3.05) is 0 Å². The molecule has 0 heterocycles. The Bertz CT molecular complexity index is 813. The van der Waals surface area contributed by atoms with Gasteiger partial charge in [-0.05, 0) is 45.4 Å². The highest BCUT2D eigenvalue weighted by Crippen LogP contribution is 2.24. The van der Waals surface area contributed by atoms with E-state index in [1.165, 1.54) is 19.6 Å². The topological polar surface area (TPSA) is 75.6 Å². The predicted octanol–water partition coefficient (Wildman–Crippen LogP) is 1.98. The van der Waals surface area contributed by atoms with Crippen LogP contribution in [0.3, 0.4) is 0 Å². The van der Waals surface area contributed by atoms with Gasteiger partial charge >= 0.3 is 7.48 Å². The Balaban J connectivity index is 1.99. The van der Waals surface area contributed by atoms with E-state index in [4.69, 9.17) is 4.65 Å². The zero-order valence-corrected chi connectivity index (χ0v) is 16.4. The summed E-state index contributed by atoms with van der Waals surface area (Å²) in [5, 5.41) is 10.1. The fourth-order valence-electron chi connectivity index (χ4n) is 1.94. The van der Waals surface area contributed by atoms with E-state index in [0.717, 1.165) is 5.56 Å². The monoisotopic (exact) mass is 374 g/mol. The molecule has 0 bridgehead atoms. The number of benzene rings is 2. The summed E-state index contributed by atoms with van der Waals surface area (Å²) < 4.78 is 33.0. The lowest BCUT2D eigenvalue weighted by atomic mass is 9.83. The van der Waals surface area contributed by atoms with Crippen molar-refractivity contribution in [3.05, 3.63) is 60.2 Å². The molecule has 0 fully saturated rings. The van der Waals surface area contributed by atoms with Gasteiger partial charge in [-0.15, -0.1) is 0 Å². The lowest BCUT2D eigenvalue weighted by Crippen LogP contribution is -2.49. The Hall–Kier alpha value is -1.67. The summed E-state index contributed by atoms with van der Waals surface area (Å²) >= 11 is 0. The van der Waals surface area contributed by atoms with Gasteiger partial charge in [-0.25, -0.2) is 13.1 Å². The van der Waals surface area contributed by atoms with Crippen molar-refractivity contribution in [3.8, 4) is 0 Å².